The minimum absolute atomic E-state index is 0.0844. The van der Waals surface area contributed by atoms with Gasteiger partial charge in [-0.1, -0.05) is 0 Å². The molecule has 2 fully saturated rings. The Hall–Kier alpha value is -3.95. The number of carbonyl (C=O) groups excluding carboxylic acids is 1. The van der Waals surface area contributed by atoms with Crippen molar-refractivity contribution in [3.63, 3.8) is 0 Å². The quantitative estimate of drug-likeness (QED) is 0.531. The van der Waals surface area contributed by atoms with Crippen LogP contribution >= 0.6 is 0 Å². The average molecular weight is 427 g/mol. The highest BCUT2D eigenvalue weighted by Gasteiger charge is 2.52. The first-order valence-corrected chi connectivity index (χ1v) is 10.5. The van der Waals surface area contributed by atoms with Gasteiger partial charge in [0.15, 0.2) is 0 Å². The third-order valence-electron chi connectivity index (χ3n) is 6.42. The Morgan fingerprint density at radius 2 is 2.03 bits per heavy atom. The van der Waals surface area contributed by atoms with E-state index in [9.17, 15) is 9.90 Å². The lowest BCUT2D eigenvalue weighted by Gasteiger charge is -2.56. The van der Waals surface area contributed by atoms with E-state index in [0.717, 1.165) is 36.9 Å². The molecule has 1 amide bonds. The zero-order valence-electron chi connectivity index (χ0n) is 17.2. The van der Waals surface area contributed by atoms with Gasteiger partial charge in [-0.2, -0.15) is 15.6 Å². The maximum absolute atomic E-state index is 12.6. The van der Waals surface area contributed by atoms with Gasteiger partial charge in [0.25, 0.3) is 5.91 Å². The van der Waals surface area contributed by atoms with Crippen molar-refractivity contribution in [3.8, 4) is 23.5 Å². The van der Waals surface area contributed by atoms with E-state index < -0.39 is 0 Å². The highest BCUT2D eigenvalue weighted by atomic mass is 16.3. The molecule has 9 heteroatoms. The SMILES string of the molecule is N#CCNC(=O)c1cnc(-c2ccc3cc(C#N)cnn23)cc1NC1CC2(CC(O)C2)C1. The number of rotatable bonds is 5. The van der Waals surface area contributed by atoms with Crippen molar-refractivity contribution in [2.45, 2.75) is 37.8 Å². The minimum atomic E-state index is -0.363. The second-order valence-electron chi connectivity index (χ2n) is 8.68. The molecule has 2 saturated carbocycles. The molecule has 3 heterocycles. The van der Waals surface area contributed by atoms with Crippen LogP contribution in [-0.2, 0) is 0 Å². The molecule has 0 unspecified atom stereocenters. The number of fused-ring (bicyclic) bond motifs is 1. The largest absolute Gasteiger partial charge is 0.393 e. The highest BCUT2D eigenvalue weighted by molar-refractivity contribution is 6.00. The third-order valence-corrected chi connectivity index (χ3v) is 6.42. The molecule has 2 aliphatic carbocycles. The minimum Gasteiger partial charge on any atom is -0.393 e. The van der Waals surface area contributed by atoms with Crippen LogP contribution in [0.1, 0.15) is 41.6 Å². The van der Waals surface area contributed by atoms with Gasteiger partial charge in [-0.15, -0.1) is 0 Å². The number of anilines is 1. The Morgan fingerprint density at radius 3 is 2.75 bits per heavy atom. The number of nitrogens with one attached hydrogen (secondary N) is 2. The lowest BCUT2D eigenvalue weighted by Crippen LogP contribution is -2.54. The summed E-state index contributed by atoms with van der Waals surface area (Å²) in [5.41, 5.74) is 3.87. The van der Waals surface area contributed by atoms with Crippen LogP contribution in [0.3, 0.4) is 0 Å². The maximum Gasteiger partial charge on any atom is 0.255 e. The molecule has 0 radical (unpaired) electrons. The van der Waals surface area contributed by atoms with Crippen LogP contribution in [0.5, 0.6) is 0 Å². The topological polar surface area (TPSA) is 139 Å². The van der Waals surface area contributed by atoms with Gasteiger partial charge < -0.3 is 15.7 Å². The van der Waals surface area contributed by atoms with Gasteiger partial charge in [-0.05, 0) is 55.4 Å². The fourth-order valence-corrected chi connectivity index (χ4v) is 4.95. The molecule has 0 atom stereocenters. The summed E-state index contributed by atoms with van der Waals surface area (Å²) in [5.74, 6) is -0.363. The summed E-state index contributed by atoms with van der Waals surface area (Å²) in [5, 5.41) is 37.9. The molecule has 2 aliphatic rings. The second-order valence-corrected chi connectivity index (χ2v) is 8.68. The maximum atomic E-state index is 12.6. The fourth-order valence-electron chi connectivity index (χ4n) is 4.95. The number of hydrogen-bond acceptors (Lipinski definition) is 7. The zero-order chi connectivity index (χ0) is 22.3. The number of nitriles is 2. The summed E-state index contributed by atoms with van der Waals surface area (Å²) >= 11 is 0. The predicted octanol–water partition coefficient (Wildman–Crippen LogP) is 2.24. The highest BCUT2D eigenvalue weighted by Crippen LogP contribution is 2.56. The number of aromatic nitrogens is 3. The number of hydrogen-bond donors (Lipinski definition) is 3. The fraction of sp³-hybridized carbons (Fsp3) is 0.348. The molecule has 3 aromatic rings. The van der Waals surface area contributed by atoms with E-state index in [1.165, 1.54) is 12.4 Å². The molecule has 0 aliphatic heterocycles. The number of aliphatic hydroxyl groups excluding tert-OH is 1. The van der Waals surface area contributed by atoms with E-state index in [-0.39, 0.29) is 30.0 Å². The Bertz CT molecular complexity index is 1290. The monoisotopic (exact) mass is 427 g/mol. The molecule has 160 valence electrons. The van der Waals surface area contributed by atoms with Crippen molar-refractivity contribution in [3.05, 3.63) is 47.8 Å². The first kappa shape index (κ1) is 20.0. The normalized spacial score (nSPS) is 23.6. The van der Waals surface area contributed by atoms with Crippen LogP contribution in [-0.4, -0.2) is 44.3 Å². The summed E-state index contributed by atoms with van der Waals surface area (Å²) in [4.78, 5) is 17.1. The Kier molecular flexibility index (Phi) is 4.76. The summed E-state index contributed by atoms with van der Waals surface area (Å²) in [6.45, 7) is -0.0844. The van der Waals surface area contributed by atoms with Crippen molar-refractivity contribution in [2.24, 2.45) is 5.41 Å². The van der Waals surface area contributed by atoms with Crippen LogP contribution in [0.2, 0.25) is 0 Å². The number of nitrogens with zero attached hydrogens (tertiary/aromatic N) is 5. The Morgan fingerprint density at radius 1 is 1.22 bits per heavy atom. The van der Waals surface area contributed by atoms with Crippen molar-refractivity contribution in [1.29, 1.82) is 10.5 Å². The van der Waals surface area contributed by atoms with Crippen LogP contribution < -0.4 is 10.6 Å². The first-order chi connectivity index (χ1) is 15.5. The third kappa shape index (κ3) is 3.43. The molecule has 3 aromatic heterocycles. The molecule has 5 rings (SSSR count). The molecule has 0 aromatic carbocycles. The summed E-state index contributed by atoms with van der Waals surface area (Å²) in [6.07, 6.45) is 6.41. The number of carbonyl (C=O) groups is 1. The van der Waals surface area contributed by atoms with Crippen molar-refractivity contribution in [2.75, 3.05) is 11.9 Å². The smallest absolute Gasteiger partial charge is 0.255 e. The van der Waals surface area contributed by atoms with E-state index in [2.05, 4.69) is 26.8 Å². The van der Waals surface area contributed by atoms with Crippen molar-refractivity contribution in [1.82, 2.24) is 19.9 Å². The van der Waals surface area contributed by atoms with Crippen molar-refractivity contribution >= 4 is 17.1 Å². The Labute approximate surface area is 184 Å². The second kappa shape index (κ2) is 7.63. The molecule has 0 saturated heterocycles. The summed E-state index contributed by atoms with van der Waals surface area (Å²) < 4.78 is 1.70. The van der Waals surface area contributed by atoms with E-state index in [0.29, 0.717) is 22.5 Å². The van der Waals surface area contributed by atoms with Gasteiger partial charge >= 0.3 is 0 Å². The molecular formula is C23H21N7O2. The lowest BCUT2D eigenvalue weighted by atomic mass is 9.53. The van der Waals surface area contributed by atoms with Crippen molar-refractivity contribution < 1.29 is 9.90 Å². The summed E-state index contributed by atoms with van der Waals surface area (Å²) in [6, 6.07) is 11.5. The van der Waals surface area contributed by atoms with Gasteiger partial charge in [0.05, 0.1) is 52.1 Å². The predicted molar refractivity (Wildman–Crippen MR) is 115 cm³/mol. The first-order valence-electron chi connectivity index (χ1n) is 10.5. The standard InChI is InChI=1S/C23H21N7O2/c24-3-4-26-22(32)18-13-27-20(21-2-1-16-5-14(11-25)12-28-30(16)21)6-19(18)29-15-7-23(8-15)9-17(31)10-23/h1-2,5-6,12-13,15,17,31H,4,7-10H2,(H,26,32)(H,27,29). The van der Waals surface area contributed by atoms with Gasteiger partial charge in [0.2, 0.25) is 0 Å². The number of aliphatic hydroxyl groups is 1. The Balaban J connectivity index is 1.46. The van der Waals surface area contributed by atoms with E-state index in [1.54, 1.807) is 10.6 Å². The molecule has 1 spiro atoms. The number of amides is 1. The molecular weight excluding hydrogens is 406 g/mol. The molecule has 3 N–H and O–H groups in total. The van der Waals surface area contributed by atoms with Crippen LogP contribution in [0.15, 0.2) is 36.7 Å². The summed E-state index contributed by atoms with van der Waals surface area (Å²) in [7, 11) is 0. The van der Waals surface area contributed by atoms with Gasteiger partial charge in [-0.3, -0.25) is 9.78 Å². The van der Waals surface area contributed by atoms with E-state index in [1.807, 2.05) is 24.3 Å². The van der Waals surface area contributed by atoms with Crippen LogP contribution in [0.25, 0.3) is 16.9 Å². The molecule has 32 heavy (non-hydrogen) atoms. The number of pyridine rings is 1. The molecule has 9 nitrogen and oxygen atoms in total. The van der Waals surface area contributed by atoms with E-state index >= 15 is 0 Å². The van der Waals surface area contributed by atoms with E-state index in [4.69, 9.17) is 10.5 Å². The lowest BCUT2D eigenvalue weighted by molar-refractivity contribution is -0.0867. The van der Waals surface area contributed by atoms with Crippen LogP contribution in [0, 0.1) is 28.1 Å². The van der Waals surface area contributed by atoms with Gasteiger partial charge in [-0.25, -0.2) is 4.52 Å². The average Bonchev–Trinajstić information content (AvgIpc) is 3.18. The van der Waals surface area contributed by atoms with Crippen LogP contribution in [0.4, 0.5) is 5.69 Å². The van der Waals surface area contributed by atoms with Gasteiger partial charge in [0, 0.05) is 12.2 Å². The van der Waals surface area contributed by atoms with Gasteiger partial charge in [0.1, 0.15) is 12.6 Å². The zero-order valence-corrected chi connectivity index (χ0v) is 17.2. The molecule has 0 bridgehead atoms.